The molecule has 2 aliphatic rings. The number of hydrogen-bond acceptors (Lipinski definition) is 3. The summed E-state index contributed by atoms with van der Waals surface area (Å²) >= 11 is 0. The largest absolute Gasteiger partial charge is 0.394 e. The summed E-state index contributed by atoms with van der Waals surface area (Å²) in [6.07, 6.45) is -1.10. The minimum Gasteiger partial charge on any atom is -0.394 e. The topological polar surface area (TPSA) is 35.5 Å². The van der Waals surface area contributed by atoms with Crippen molar-refractivity contribution in [2.75, 3.05) is 26.2 Å². The number of nitrogens with zero attached hydrogens (tertiary/aromatic N) is 1. The number of rotatable bonds is 5. The van der Waals surface area contributed by atoms with E-state index >= 15 is 0 Å². The maximum atomic E-state index is 12.8. The summed E-state index contributed by atoms with van der Waals surface area (Å²) in [5.74, 6) is -1.22. The first-order valence-electron chi connectivity index (χ1n) is 7.00. The number of alkyl halides is 3. The van der Waals surface area contributed by atoms with E-state index in [-0.39, 0.29) is 19.6 Å². The zero-order valence-corrected chi connectivity index (χ0v) is 11.3. The van der Waals surface area contributed by atoms with Gasteiger partial charge >= 0.3 is 6.18 Å². The van der Waals surface area contributed by atoms with Gasteiger partial charge in [-0.3, -0.25) is 0 Å². The van der Waals surface area contributed by atoms with Crippen molar-refractivity contribution in [2.45, 2.75) is 50.4 Å². The Hall–Kier alpha value is -0.330. The number of halogens is 3. The quantitative estimate of drug-likeness (QED) is 0.805. The van der Waals surface area contributed by atoms with E-state index in [9.17, 15) is 18.3 Å². The van der Waals surface area contributed by atoms with Crippen LogP contribution in [0.1, 0.15) is 32.6 Å². The Labute approximate surface area is 112 Å². The molecule has 0 radical (unpaired) electrons. The van der Waals surface area contributed by atoms with Crippen molar-refractivity contribution in [3.05, 3.63) is 0 Å². The molecule has 0 amide bonds. The van der Waals surface area contributed by atoms with Gasteiger partial charge in [0.05, 0.1) is 18.1 Å². The summed E-state index contributed by atoms with van der Waals surface area (Å²) in [4.78, 5) is 1.84. The fourth-order valence-electron chi connectivity index (χ4n) is 2.82. The van der Waals surface area contributed by atoms with Gasteiger partial charge < -0.3 is 15.3 Å². The molecular weight excluding hydrogens is 257 g/mol. The van der Waals surface area contributed by atoms with E-state index in [1.54, 1.807) is 0 Å². The molecule has 1 saturated heterocycles. The first kappa shape index (κ1) is 15.1. The van der Waals surface area contributed by atoms with Crippen LogP contribution < -0.4 is 5.32 Å². The number of nitrogens with one attached hydrogen (secondary N) is 1. The Bertz CT molecular complexity index is 307. The average molecular weight is 280 g/mol. The fraction of sp³-hybridized carbons (Fsp3) is 1.00. The van der Waals surface area contributed by atoms with E-state index in [4.69, 9.17) is 0 Å². The molecule has 0 spiro atoms. The van der Waals surface area contributed by atoms with Gasteiger partial charge in [-0.05, 0) is 39.2 Å². The number of hydrogen-bond donors (Lipinski definition) is 2. The molecule has 0 bridgehead atoms. The normalized spacial score (nSPS) is 29.2. The summed E-state index contributed by atoms with van der Waals surface area (Å²) in [6, 6.07) is 0.431. The van der Waals surface area contributed by atoms with Gasteiger partial charge in [-0.1, -0.05) is 0 Å². The molecule has 6 heteroatoms. The Morgan fingerprint density at radius 2 is 1.95 bits per heavy atom. The smallest absolute Gasteiger partial charge is 0.393 e. The van der Waals surface area contributed by atoms with Gasteiger partial charge in [-0.2, -0.15) is 13.2 Å². The van der Waals surface area contributed by atoms with Crippen LogP contribution in [0.5, 0.6) is 0 Å². The predicted octanol–water partition coefficient (Wildman–Crippen LogP) is 1.76. The molecule has 0 aromatic heterocycles. The third-order valence-corrected chi connectivity index (χ3v) is 4.02. The van der Waals surface area contributed by atoms with E-state index in [0.29, 0.717) is 25.6 Å². The summed E-state index contributed by atoms with van der Waals surface area (Å²) in [5, 5.41) is 12.9. The lowest BCUT2D eigenvalue weighted by molar-refractivity contribution is -0.187. The van der Waals surface area contributed by atoms with Crippen molar-refractivity contribution in [1.29, 1.82) is 0 Å². The molecule has 0 aromatic carbocycles. The predicted molar refractivity (Wildman–Crippen MR) is 66.9 cm³/mol. The minimum atomic E-state index is -4.10. The third kappa shape index (κ3) is 4.33. The Morgan fingerprint density at radius 3 is 2.47 bits per heavy atom. The van der Waals surface area contributed by atoms with Crippen LogP contribution in [0, 0.1) is 5.92 Å². The molecule has 112 valence electrons. The maximum absolute atomic E-state index is 12.8. The van der Waals surface area contributed by atoms with Gasteiger partial charge in [-0.15, -0.1) is 0 Å². The molecule has 2 rings (SSSR count). The van der Waals surface area contributed by atoms with Crippen molar-refractivity contribution in [1.82, 2.24) is 10.2 Å². The summed E-state index contributed by atoms with van der Waals surface area (Å²) < 4.78 is 38.3. The van der Waals surface area contributed by atoms with Crippen LogP contribution >= 0.6 is 0 Å². The van der Waals surface area contributed by atoms with Crippen molar-refractivity contribution in [3.8, 4) is 0 Å². The van der Waals surface area contributed by atoms with E-state index < -0.39 is 17.6 Å². The summed E-state index contributed by atoms with van der Waals surface area (Å²) in [5.41, 5.74) is -0.491. The van der Waals surface area contributed by atoms with Gasteiger partial charge in [0.25, 0.3) is 0 Å². The lowest BCUT2D eigenvalue weighted by atomic mass is 9.94. The van der Waals surface area contributed by atoms with Crippen LogP contribution in [-0.2, 0) is 0 Å². The standard InChI is InChI=1S/C13H23F3N2O/c1-12(9-19,17-11-4-5-11)8-18-6-2-3-10(7-18)13(14,15)16/h10-11,17,19H,2-9H2,1H3. The fourth-order valence-corrected chi connectivity index (χ4v) is 2.82. The molecule has 2 N–H and O–H groups in total. The molecule has 2 fully saturated rings. The zero-order valence-electron chi connectivity index (χ0n) is 11.3. The van der Waals surface area contributed by atoms with Crippen LogP contribution in [0.3, 0.4) is 0 Å². The first-order chi connectivity index (χ1) is 8.82. The monoisotopic (exact) mass is 280 g/mol. The SMILES string of the molecule is CC(CO)(CN1CCCC(C(F)(F)F)C1)NC1CC1. The molecule has 1 saturated carbocycles. The van der Waals surface area contributed by atoms with Gasteiger partial charge in [0.1, 0.15) is 0 Å². The summed E-state index contributed by atoms with van der Waals surface area (Å²) in [7, 11) is 0. The zero-order chi connectivity index (χ0) is 14.1. The average Bonchev–Trinajstić information content (AvgIpc) is 3.12. The molecule has 1 aliphatic heterocycles. The molecule has 1 heterocycles. The van der Waals surface area contributed by atoms with Gasteiger partial charge in [0.2, 0.25) is 0 Å². The van der Waals surface area contributed by atoms with E-state index in [0.717, 1.165) is 12.8 Å². The molecule has 0 aromatic rings. The highest BCUT2D eigenvalue weighted by atomic mass is 19.4. The van der Waals surface area contributed by atoms with Crippen molar-refractivity contribution < 1.29 is 18.3 Å². The summed E-state index contributed by atoms with van der Waals surface area (Å²) in [6.45, 7) is 3.08. The third-order valence-electron chi connectivity index (χ3n) is 4.02. The molecule has 2 unspecified atom stereocenters. The van der Waals surface area contributed by atoms with E-state index in [2.05, 4.69) is 5.32 Å². The molecule has 1 aliphatic carbocycles. The lowest BCUT2D eigenvalue weighted by Crippen LogP contribution is -2.57. The van der Waals surface area contributed by atoms with Crippen LogP contribution in [0.25, 0.3) is 0 Å². The number of piperidine rings is 1. The van der Waals surface area contributed by atoms with E-state index in [1.165, 1.54) is 0 Å². The number of aliphatic hydroxyl groups excluding tert-OH is 1. The second-order valence-electron chi connectivity index (χ2n) is 6.25. The maximum Gasteiger partial charge on any atom is 0.393 e. The first-order valence-corrected chi connectivity index (χ1v) is 7.00. The minimum absolute atomic E-state index is 0.0450. The Morgan fingerprint density at radius 1 is 1.26 bits per heavy atom. The van der Waals surface area contributed by atoms with E-state index in [1.807, 2.05) is 11.8 Å². The van der Waals surface area contributed by atoms with Crippen LogP contribution in [0.4, 0.5) is 13.2 Å². The van der Waals surface area contributed by atoms with Crippen molar-refractivity contribution in [3.63, 3.8) is 0 Å². The highest BCUT2D eigenvalue weighted by molar-refractivity contribution is 4.95. The van der Waals surface area contributed by atoms with Crippen LogP contribution in [0.2, 0.25) is 0 Å². The Balaban J connectivity index is 1.89. The Kier molecular flexibility index (Phi) is 4.42. The second-order valence-corrected chi connectivity index (χ2v) is 6.25. The van der Waals surface area contributed by atoms with Crippen molar-refractivity contribution in [2.24, 2.45) is 5.92 Å². The van der Waals surface area contributed by atoms with Gasteiger partial charge in [0, 0.05) is 19.1 Å². The van der Waals surface area contributed by atoms with Gasteiger partial charge in [-0.25, -0.2) is 0 Å². The van der Waals surface area contributed by atoms with Gasteiger partial charge in [0.15, 0.2) is 0 Å². The highest BCUT2D eigenvalue weighted by Gasteiger charge is 2.43. The molecule has 2 atom stereocenters. The second kappa shape index (κ2) is 5.58. The number of likely N-dealkylation sites (tertiary alicyclic amines) is 1. The number of aliphatic hydroxyl groups is 1. The molecular formula is C13H23F3N2O. The van der Waals surface area contributed by atoms with Crippen LogP contribution in [-0.4, -0.2) is 54.0 Å². The van der Waals surface area contributed by atoms with Crippen molar-refractivity contribution >= 4 is 0 Å². The molecule has 19 heavy (non-hydrogen) atoms. The lowest BCUT2D eigenvalue weighted by Gasteiger charge is -2.39. The molecule has 3 nitrogen and oxygen atoms in total. The highest BCUT2D eigenvalue weighted by Crippen LogP contribution is 2.33. The van der Waals surface area contributed by atoms with Crippen LogP contribution in [0.15, 0.2) is 0 Å².